The Bertz CT molecular complexity index is 515. The molecule has 2 rings (SSSR count). The van der Waals surface area contributed by atoms with Crippen LogP contribution in [0.15, 0.2) is 12.1 Å². The molecule has 5 N–H and O–H groups in total. The number of nitrogens with one attached hydrogen (secondary N) is 2. The Morgan fingerprint density at radius 2 is 2.30 bits per heavy atom. The van der Waals surface area contributed by atoms with Crippen LogP contribution in [0.2, 0.25) is 0 Å². The van der Waals surface area contributed by atoms with E-state index in [9.17, 15) is 9.90 Å². The minimum Gasteiger partial charge on any atom is -0.482 e. The molecule has 0 radical (unpaired) electrons. The fourth-order valence-electron chi connectivity index (χ4n) is 2.21. The van der Waals surface area contributed by atoms with Crippen LogP contribution in [-0.2, 0) is 4.79 Å². The Hall–Kier alpha value is -1.95. The number of aliphatic hydroxyl groups is 1. The van der Waals surface area contributed by atoms with Crippen molar-refractivity contribution in [2.75, 3.05) is 29.5 Å². The van der Waals surface area contributed by atoms with E-state index in [-0.39, 0.29) is 12.5 Å². The Balaban J connectivity index is 2.12. The lowest BCUT2D eigenvalue weighted by atomic mass is 10.0. The Labute approximate surface area is 118 Å². The number of amides is 1. The van der Waals surface area contributed by atoms with Gasteiger partial charge in [0.15, 0.2) is 6.61 Å². The predicted octanol–water partition coefficient (Wildman–Crippen LogP) is 1.56. The largest absolute Gasteiger partial charge is 0.482 e. The Morgan fingerprint density at radius 1 is 1.55 bits per heavy atom. The van der Waals surface area contributed by atoms with Gasteiger partial charge in [-0.2, -0.15) is 0 Å². The summed E-state index contributed by atoms with van der Waals surface area (Å²) in [5, 5.41) is 16.0. The predicted molar refractivity (Wildman–Crippen MR) is 79.0 cm³/mol. The van der Waals surface area contributed by atoms with Crippen molar-refractivity contribution >= 4 is 23.0 Å². The summed E-state index contributed by atoms with van der Waals surface area (Å²) in [4.78, 5) is 11.3. The van der Waals surface area contributed by atoms with E-state index in [2.05, 4.69) is 10.6 Å². The second-order valence-corrected chi connectivity index (χ2v) is 5.37. The van der Waals surface area contributed by atoms with Gasteiger partial charge in [-0.05, 0) is 19.4 Å². The van der Waals surface area contributed by atoms with Crippen LogP contribution in [0.4, 0.5) is 17.1 Å². The van der Waals surface area contributed by atoms with Gasteiger partial charge < -0.3 is 26.2 Å². The smallest absolute Gasteiger partial charge is 0.262 e. The molecule has 1 heterocycles. The lowest BCUT2D eigenvalue weighted by Gasteiger charge is -2.25. The first kappa shape index (κ1) is 14.5. The number of hydrogen-bond donors (Lipinski definition) is 4. The highest BCUT2D eigenvalue weighted by atomic mass is 16.5. The summed E-state index contributed by atoms with van der Waals surface area (Å²) >= 11 is 0. The van der Waals surface area contributed by atoms with Gasteiger partial charge in [-0.25, -0.2) is 0 Å². The van der Waals surface area contributed by atoms with Gasteiger partial charge in [0, 0.05) is 12.6 Å². The molecule has 0 saturated heterocycles. The summed E-state index contributed by atoms with van der Waals surface area (Å²) in [6.07, 6.45) is 1.60. The monoisotopic (exact) mass is 279 g/mol. The van der Waals surface area contributed by atoms with E-state index in [0.29, 0.717) is 35.8 Å². The van der Waals surface area contributed by atoms with Crippen LogP contribution >= 0.6 is 0 Å². The average molecular weight is 279 g/mol. The normalized spacial score (nSPS) is 16.6. The summed E-state index contributed by atoms with van der Waals surface area (Å²) in [5.41, 5.74) is 6.93. The van der Waals surface area contributed by atoms with Gasteiger partial charge in [0.05, 0.1) is 22.7 Å². The topological polar surface area (TPSA) is 96.6 Å². The maximum absolute atomic E-state index is 11.3. The number of ether oxygens (including phenoxy) is 1. The highest BCUT2D eigenvalue weighted by molar-refractivity contribution is 5.97. The molecule has 1 aliphatic heterocycles. The van der Waals surface area contributed by atoms with Crippen molar-refractivity contribution in [1.29, 1.82) is 0 Å². The maximum atomic E-state index is 11.3. The molecule has 0 aromatic heterocycles. The molecule has 0 saturated carbocycles. The average Bonchev–Trinajstić information content (AvgIpc) is 2.37. The number of carbonyl (C=O) groups is 1. The number of anilines is 3. The molecule has 1 aliphatic rings. The Kier molecular flexibility index (Phi) is 4.04. The van der Waals surface area contributed by atoms with Crippen molar-refractivity contribution in [3.63, 3.8) is 0 Å². The third kappa shape index (κ3) is 3.33. The number of fused-ring (bicyclic) bond motifs is 1. The minimum atomic E-state index is -0.795. The molecule has 1 aromatic rings. The van der Waals surface area contributed by atoms with Gasteiger partial charge in [-0.3, -0.25) is 4.79 Å². The zero-order chi connectivity index (χ0) is 14.8. The van der Waals surface area contributed by atoms with Crippen LogP contribution in [0.5, 0.6) is 5.75 Å². The molecule has 110 valence electrons. The summed E-state index contributed by atoms with van der Waals surface area (Å²) in [7, 11) is 0. The van der Waals surface area contributed by atoms with Crippen molar-refractivity contribution < 1.29 is 14.6 Å². The van der Waals surface area contributed by atoms with Crippen molar-refractivity contribution in [1.82, 2.24) is 0 Å². The van der Waals surface area contributed by atoms with E-state index in [4.69, 9.17) is 10.5 Å². The van der Waals surface area contributed by atoms with E-state index in [1.807, 2.05) is 6.92 Å². The maximum Gasteiger partial charge on any atom is 0.262 e. The molecule has 6 nitrogen and oxygen atoms in total. The van der Waals surface area contributed by atoms with Gasteiger partial charge in [0.1, 0.15) is 5.75 Å². The molecule has 0 fully saturated rings. The van der Waals surface area contributed by atoms with E-state index >= 15 is 0 Å². The second kappa shape index (κ2) is 5.58. The SMILES string of the molecule is CCCC(C)(O)CNc1cc2c(cc1N)OCC(=O)N2. The van der Waals surface area contributed by atoms with Crippen molar-refractivity contribution in [3.8, 4) is 5.75 Å². The molecule has 1 aromatic carbocycles. The number of carbonyl (C=O) groups excluding carboxylic acids is 1. The van der Waals surface area contributed by atoms with Crippen LogP contribution in [0.25, 0.3) is 0 Å². The number of hydrogen-bond acceptors (Lipinski definition) is 5. The van der Waals surface area contributed by atoms with Crippen molar-refractivity contribution in [2.45, 2.75) is 32.3 Å². The van der Waals surface area contributed by atoms with Crippen LogP contribution in [0.1, 0.15) is 26.7 Å². The van der Waals surface area contributed by atoms with Crippen LogP contribution in [-0.4, -0.2) is 29.8 Å². The molecule has 0 spiro atoms. The molecule has 1 amide bonds. The standard InChI is InChI=1S/C14H21N3O3/c1-3-4-14(2,19)8-16-10-6-11-12(5-9(10)15)20-7-13(18)17-11/h5-6,16,19H,3-4,7-8,15H2,1-2H3,(H,17,18). The molecule has 6 heteroatoms. The minimum absolute atomic E-state index is 0.00439. The Morgan fingerprint density at radius 3 is 3.00 bits per heavy atom. The van der Waals surface area contributed by atoms with Crippen LogP contribution in [0, 0.1) is 0 Å². The molecular weight excluding hydrogens is 258 g/mol. The van der Waals surface area contributed by atoms with Gasteiger partial charge >= 0.3 is 0 Å². The fraction of sp³-hybridized carbons (Fsp3) is 0.500. The molecule has 20 heavy (non-hydrogen) atoms. The van der Waals surface area contributed by atoms with Gasteiger partial charge in [0.25, 0.3) is 5.91 Å². The number of benzene rings is 1. The highest BCUT2D eigenvalue weighted by Gasteiger charge is 2.21. The van der Waals surface area contributed by atoms with Crippen molar-refractivity contribution in [3.05, 3.63) is 12.1 Å². The number of rotatable bonds is 5. The third-order valence-electron chi connectivity index (χ3n) is 3.23. The van der Waals surface area contributed by atoms with Crippen molar-refractivity contribution in [2.24, 2.45) is 0 Å². The lowest BCUT2D eigenvalue weighted by Crippen LogP contribution is -2.33. The van der Waals surface area contributed by atoms with E-state index < -0.39 is 5.60 Å². The van der Waals surface area contributed by atoms with Crippen LogP contribution in [0.3, 0.4) is 0 Å². The lowest BCUT2D eigenvalue weighted by molar-refractivity contribution is -0.118. The molecule has 0 bridgehead atoms. The summed E-state index contributed by atoms with van der Waals surface area (Å²) in [6, 6.07) is 3.40. The van der Waals surface area contributed by atoms with E-state index in [1.54, 1.807) is 19.1 Å². The second-order valence-electron chi connectivity index (χ2n) is 5.37. The summed E-state index contributed by atoms with van der Waals surface area (Å²) < 4.78 is 5.29. The zero-order valence-electron chi connectivity index (χ0n) is 11.8. The number of nitrogen functional groups attached to an aromatic ring is 1. The van der Waals surface area contributed by atoms with Gasteiger partial charge in [-0.15, -0.1) is 0 Å². The first-order chi connectivity index (χ1) is 9.41. The van der Waals surface area contributed by atoms with Gasteiger partial charge in [0.2, 0.25) is 0 Å². The molecular formula is C14H21N3O3. The molecule has 0 aliphatic carbocycles. The highest BCUT2D eigenvalue weighted by Crippen LogP contribution is 2.35. The summed E-state index contributed by atoms with van der Waals surface area (Å²) in [6.45, 7) is 4.20. The first-order valence-electron chi connectivity index (χ1n) is 6.74. The van der Waals surface area contributed by atoms with E-state index in [0.717, 1.165) is 6.42 Å². The molecule has 1 atom stereocenters. The zero-order valence-corrected chi connectivity index (χ0v) is 11.8. The fourth-order valence-corrected chi connectivity index (χ4v) is 2.21. The van der Waals surface area contributed by atoms with Gasteiger partial charge in [-0.1, -0.05) is 13.3 Å². The number of nitrogens with two attached hydrogens (primary N) is 1. The molecule has 1 unspecified atom stereocenters. The third-order valence-corrected chi connectivity index (χ3v) is 3.23. The first-order valence-corrected chi connectivity index (χ1v) is 6.74. The summed E-state index contributed by atoms with van der Waals surface area (Å²) in [5.74, 6) is 0.374. The van der Waals surface area contributed by atoms with E-state index in [1.165, 1.54) is 0 Å². The quantitative estimate of drug-likeness (QED) is 0.613. The van der Waals surface area contributed by atoms with Crippen LogP contribution < -0.4 is 21.1 Å².